The minimum Gasteiger partial charge on any atom is -0.374 e. The minimum atomic E-state index is -2.54. The molecule has 0 aliphatic heterocycles. The molecule has 1 unspecified atom stereocenters. The van der Waals surface area contributed by atoms with Crippen molar-refractivity contribution in [2.24, 2.45) is 0 Å². The topological polar surface area (TPSA) is 27.7 Å². The maximum atomic E-state index is 6.15. The smallest absolute Gasteiger partial charge is 0.374 e. The second kappa shape index (κ2) is 14.7. The van der Waals surface area contributed by atoms with Gasteiger partial charge in [0.05, 0.1) is 0 Å². The van der Waals surface area contributed by atoms with Crippen LogP contribution in [0.1, 0.15) is 92.4 Å². The zero-order valence-electron chi connectivity index (χ0n) is 15.8. The van der Waals surface area contributed by atoms with Gasteiger partial charge >= 0.3 is 8.80 Å². The molecule has 0 fully saturated rings. The van der Waals surface area contributed by atoms with E-state index in [1.807, 2.05) is 0 Å². The van der Waals surface area contributed by atoms with Crippen LogP contribution in [-0.2, 0) is 13.3 Å². The molecule has 0 saturated heterocycles. The Morgan fingerprint density at radius 3 is 1.41 bits per heavy atom. The molecule has 1 atom stereocenters. The number of rotatable bonds is 16. The first kappa shape index (κ1) is 22.1. The summed E-state index contributed by atoms with van der Waals surface area (Å²) < 4.78 is 18.5. The van der Waals surface area contributed by atoms with E-state index in [-0.39, 0.29) is 0 Å². The van der Waals surface area contributed by atoms with Crippen LogP contribution in [0, 0.1) is 0 Å². The van der Waals surface area contributed by atoms with Gasteiger partial charge in [0.15, 0.2) is 0 Å². The van der Waals surface area contributed by atoms with Crippen LogP contribution in [0.25, 0.3) is 0 Å². The first-order chi connectivity index (χ1) is 10.7. The highest BCUT2D eigenvalue weighted by Crippen LogP contribution is 2.35. The first-order valence-electron chi connectivity index (χ1n) is 9.62. The third-order valence-electron chi connectivity index (χ3n) is 4.10. The van der Waals surface area contributed by atoms with E-state index in [9.17, 15) is 0 Å². The molecule has 0 aromatic carbocycles. The van der Waals surface area contributed by atoms with Crippen molar-refractivity contribution in [2.75, 3.05) is 19.8 Å². The molecule has 0 aromatic heterocycles. The van der Waals surface area contributed by atoms with Gasteiger partial charge in [-0.25, -0.2) is 0 Å². The molecular weight excluding hydrogens is 292 g/mol. The van der Waals surface area contributed by atoms with Gasteiger partial charge in [-0.2, -0.15) is 0 Å². The molecule has 0 amide bonds. The molecule has 0 saturated carbocycles. The number of unbranched alkanes of at least 4 members (excludes halogenated alkanes) is 5. The lowest BCUT2D eigenvalue weighted by Crippen LogP contribution is -2.50. The van der Waals surface area contributed by atoms with Gasteiger partial charge < -0.3 is 13.3 Å². The quantitative estimate of drug-likeness (QED) is 0.258. The summed E-state index contributed by atoms with van der Waals surface area (Å²) in [6.07, 6.45) is 11.4. The lowest BCUT2D eigenvalue weighted by Gasteiger charge is -2.35. The van der Waals surface area contributed by atoms with E-state index in [0.717, 1.165) is 0 Å². The van der Waals surface area contributed by atoms with Crippen LogP contribution in [0.15, 0.2) is 0 Å². The van der Waals surface area contributed by atoms with Crippen LogP contribution in [0.4, 0.5) is 0 Å². The highest BCUT2D eigenvalue weighted by Gasteiger charge is 2.48. The Balaban J connectivity index is 4.87. The van der Waals surface area contributed by atoms with Crippen molar-refractivity contribution >= 4 is 8.80 Å². The fourth-order valence-electron chi connectivity index (χ4n) is 3.04. The molecule has 0 bridgehead atoms. The van der Waals surface area contributed by atoms with E-state index in [1.165, 1.54) is 57.8 Å². The molecule has 0 heterocycles. The summed E-state index contributed by atoms with van der Waals surface area (Å²) in [6.45, 7) is 12.7. The molecule has 0 radical (unpaired) electrons. The summed E-state index contributed by atoms with van der Waals surface area (Å²) in [5.41, 5.74) is 0.468. The van der Waals surface area contributed by atoms with E-state index >= 15 is 0 Å². The van der Waals surface area contributed by atoms with Crippen molar-refractivity contribution in [3.8, 4) is 0 Å². The Labute approximate surface area is 140 Å². The molecule has 4 heteroatoms. The predicted molar refractivity (Wildman–Crippen MR) is 97.3 cm³/mol. The van der Waals surface area contributed by atoms with Gasteiger partial charge in [0.2, 0.25) is 0 Å². The highest BCUT2D eigenvalue weighted by atomic mass is 28.4. The van der Waals surface area contributed by atoms with Gasteiger partial charge in [0, 0.05) is 25.4 Å². The van der Waals surface area contributed by atoms with Crippen LogP contribution in [-0.4, -0.2) is 28.6 Å². The van der Waals surface area contributed by atoms with E-state index in [0.29, 0.717) is 25.4 Å². The summed E-state index contributed by atoms with van der Waals surface area (Å²) in [4.78, 5) is 0. The molecule has 0 N–H and O–H groups in total. The molecule has 134 valence electrons. The fraction of sp³-hybridized carbons (Fsp3) is 1.00. The van der Waals surface area contributed by atoms with Gasteiger partial charge in [-0.1, -0.05) is 58.8 Å². The molecule has 0 aliphatic carbocycles. The van der Waals surface area contributed by atoms with Gasteiger partial charge in [0.25, 0.3) is 0 Å². The summed E-state index contributed by atoms with van der Waals surface area (Å²) in [6, 6.07) is 0. The van der Waals surface area contributed by atoms with Crippen molar-refractivity contribution in [3.63, 3.8) is 0 Å². The van der Waals surface area contributed by atoms with Crippen molar-refractivity contribution in [1.29, 1.82) is 0 Å². The van der Waals surface area contributed by atoms with Gasteiger partial charge in [-0.05, 0) is 33.6 Å². The summed E-state index contributed by atoms with van der Waals surface area (Å²) in [7, 11) is -2.54. The highest BCUT2D eigenvalue weighted by molar-refractivity contribution is 6.62. The first-order valence-corrected chi connectivity index (χ1v) is 11.4. The lowest BCUT2D eigenvalue weighted by molar-refractivity contribution is 0.0579. The van der Waals surface area contributed by atoms with Crippen LogP contribution >= 0.6 is 0 Å². The van der Waals surface area contributed by atoms with E-state index in [2.05, 4.69) is 34.6 Å². The van der Waals surface area contributed by atoms with Crippen LogP contribution in [0.3, 0.4) is 0 Å². The second-order valence-electron chi connectivity index (χ2n) is 5.94. The summed E-state index contributed by atoms with van der Waals surface area (Å²) in [5, 5.41) is 0. The zero-order chi connectivity index (χ0) is 16.7. The summed E-state index contributed by atoms with van der Waals surface area (Å²) >= 11 is 0. The third-order valence-corrected chi connectivity index (χ3v) is 7.75. The Morgan fingerprint density at radius 2 is 1.00 bits per heavy atom. The van der Waals surface area contributed by atoms with Crippen molar-refractivity contribution in [2.45, 2.75) is 97.9 Å². The largest absolute Gasteiger partial charge is 0.504 e. The van der Waals surface area contributed by atoms with E-state index in [1.54, 1.807) is 0 Å². The SMILES string of the molecule is CCCCCCC(CCCCC)[Si](OCC)(OCC)OCC. The fourth-order valence-corrected chi connectivity index (χ4v) is 6.32. The average Bonchev–Trinajstić information content (AvgIpc) is 2.50. The summed E-state index contributed by atoms with van der Waals surface area (Å²) in [5.74, 6) is 0. The van der Waals surface area contributed by atoms with E-state index < -0.39 is 8.80 Å². The molecule has 0 spiro atoms. The molecule has 0 aliphatic rings. The average molecular weight is 333 g/mol. The molecule has 0 aromatic rings. The maximum absolute atomic E-state index is 6.15. The molecule has 0 rings (SSSR count). The van der Waals surface area contributed by atoms with Gasteiger partial charge in [-0.15, -0.1) is 0 Å². The van der Waals surface area contributed by atoms with E-state index in [4.69, 9.17) is 13.3 Å². The Kier molecular flexibility index (Phi) is 14.7. The Hall–Kier alpha value is 0.0969. The van der Waals surface area contributed by atoms with Crippen molar-refractivity contribution < 1.29 is 13.3 Å². The Bertz CT molecular complexity index is 219. The predicted octanol–water partition coefficient (Wildman–Crippen LogP) is 5.96. The molecule has 22 heavy (non-hydrogen) atoms. The van der Waals surface area contributed by atoms with Gasteiger partial charge in [0.1, 0.15) is 0 Å². The van der Waals surface area contributed by atoms with Gasteiger partial charge in [-0.3, -0.25) is 0 Å². The van der Waals surface area contributed by atoms with Crippen molar-refractivity contribution in [3.05, 3.63) is 0 Å². The third kappa shape index (κ3) is 8.66. The van der Waals surface area contributed by atoms with Crippen LogP contribution in [0.2, 0.25) is 5.54 Å². The van der Waals surface area contributed by atoms with Crippen LogP contribution < -0.4 is 0 Å². The normalized spacial score (nSPS) is 13.5. The standard InChI is InChI=1S/C18H40O3Si/c1-6-11-13-15-17-18(16-14-12-7-2)22(19-8-3,20-9-4)21-10-5/h18H,6-17H2,1-5H3. The molecular formula is C18H40O3Si. The molecule has 3 nitrogen and oxygen atoms in total. The number of hydrogen-bond acceptors (Lipinski definition) is 3. The Morgan fingerprint density at radius 1 is 0.591 bits per heavy atom. The minimum absolute atomic E-state index is 0.468. The maximum Gasteiger partial charge on any atom is 0.504 e. The van der Waals surface area contributed by atoms with Crippen molar-refractivity contribution in [1.82, 2.24) is 0 Å². The zero-order valence-corrected chi connectivity index (χ0v) is 16.8. The monoisotopic (exact) mass is 332 g/mol. The van der Waals surface area contributed by atoms with Crippen LogP contribution in [0.5, 0.6) is 0 Å². The lowest BCUT2D eigenvalue weighted by atomic mass is 10.1. The number of hydrogen-bond donors (Lipinski definition) is 0. The second-order valence-corrected chi connectivity index (χ2v) is 8.83.